The molecule has 15 atom stereocenters. The summed E-state index contributed by atoms with van der Waals surface area (Å²) in [5, 5.41) is 62.7. The summed E-state index contributed by atoms with van der Waals surface area (Å²) < 4.78 is 50.8. The maximum Gasteiger partial charge on any atom is 0.187 e. The van der Waals surface area contributed by atoms with Crippen LogP contribution < -0.4 is 0 Å². The lowest BCUT2D eigenvalue weighted by atomic mass is 9.91. The van der Waals surface area contributed by atoms with Gasteiger partial charge in [-0.15, -0.1) is 0 Å². The number of hydrogen-bond donors (Lipinski definition) is 6. The Balaban J connectivity index is 2.49. The summed E-state index contributed by atoms with van der Waals surface area (Å²) in [6, 6.07) is 0. The van der Waals surface area contributed by atoms with Crippen LogP contribution >= 0.6 is 0 Å². The molecule has 0 aromatic carbocycles. The summed E-state index contributed by atoms with van der Waals surface area (Å²) in [6.45, 7) is 13.9. The minimum Gasteiger partial charge on any atom is -0.394 e. The van der Waals surface area contributed by atoms with Crippen molar-refractivity contribution in [3.8, 4) is 0 Å². The third-order valence-electron chi connectivity index (χ3n) is 9.60. The molecule has 0 aliphatic carbocycles. The topological polar surface area (TPSA) is 195 Å². The van der Waals surface area contributed by atoms with Gasteiger partial charge in [0.15, 0.2) is 12.6 Å². The van der Waals surface area contributed by atoms with Crippen molar-refractivity contribution in [3.63, 3.8) is 0 Å². The van der Waals surface area contributed by atoms with Crippen LogP contribution in [-0.2, 0) is 37.9 Å². The quantitative estimate of drug-likeness (QED) is 0.0709. The minimum absolute atomic E-state index is 0.309. The Hall–Kier alpha value is -0.560. The lowest BCUT2D eigenvalue weighted by Crippen LogP contribution is -2.66. The van der Waals surface area contributed by atoms with Gasteiger partial charge < -0.3 is 68.5 Å². The standard InChI is InChI=1S/C36H70O14/c1-8-12-16-43-30-24(7)48-36(34(45-18-14-10-3)33(30)44-17-13-9-2)50-32-29(42)35(46-19-15-11-4)49-26(21-38)31(32)47-23(6)22(5)27(40)28(41)25(39)20-37/h22-42H,8-21H2,1-7H3/t22?,23?,24?,25?,26?,27?,28-,29?,30+,31+,32?,33?,34?,35+,36-/m0/s1. The minimum atomic E-state index is -1.64. The smallest absolute Gasteiger partial charge is 0.187 e. The lowest BCUT2D eigenvalue weighted by molar-refractivity contribution is -0.371. The molecule has 0 amide bonds. The van der Waals surface area contributed by atoms with Gasteiger partial charge in [0.05, 0.1) is 31.5 Å². The normalized spacial score (nSPS) is 33.5. The third-order valence-corrected chi connectivity index (χ3v) is 9.60. The van der Waals surface area contributed by atoms with E-state index in [9.17, 15) is 30.6 Å². The molecule has 50 heavy (non-hydrogen) atoms. The molecular weight excluding hydrogens is 656 g/mol. The highest BCUT2D eigenvalue weighted by Crippen LogP contribution is 2.35. The number of rotatable bonds is 26. The molecule has 14 nitrogen and oxygen atoms in total. The van der Waals surface area contributed by atoms with Crippen molar-refractivity contribution in [2.75, 3.05) is 39.6 Å². The number of aliphatic hydroxyl groups is 6. The van der Waals surface area contributed by atoms with Crippen LogP contribution in [-0.4, -0.2) is 156 Å². The highest BCUT2D eigenvalue weighted by atomic mass is 16.8. The molecule has 0 saturated carbocycles. The van der Waals surface area contributed by atoms with Crippen molar-refractivity contribution < 1.29 is 68.5 Å². The molecule has 0 aromatic heterocycles. The van der Waals surface area contributed by atoms with Crippen LogP contribution in [0.5, 0.6) is 0 Å². The Morgan fingerprint density at radius 1 is 0.620 bits per heavy atom. The zero-order valence-electron chi connectivity index (χ0n) is 31.5. The van der Waals surface area contributed by atoms with Gasteiger partial charge in [0.1, 0.15) is 54.9 Å². The maximum absolute atomic E-state index is 11.8. The highest BCUT2D eigenvalue weighted by molar-refractivity contribution is 4.97. The Labute approximate surface area is 299 Å². The first-order chi connectivity index (χ1) is 24.0. The number of ether oxygens (including phenoxy) is 8. The fourth-order valence-corrected chi connectivity index (χ4v) is 6.06. The molecule has 2 heterocycles. The first kappa shape index (κ1) is 45.6. The molecule has 2 rings (SSSR count). The molecule has 2 aliphatic heterocycles. The maximum atomic E-state index is 11.8. The van der Waals surface area contributed by atoms with E-state index in [2.05, 4.69) is 20.8 Å². The summed E-state index contributed by atoms with van der Waals surface area (Å²) in [5.74, 6) is -0.768. The van der Waals surface area contributed by atoms with Gasteiger partial charge in [-0.05, 0) is 39.5 Å². The summed E-state index contributed by atoms with van der Waals surface area (Å²) in [7, 11) is 0. The predicted octanol–water partition coefficient (Wildman–Crippen LogP) is 2.05. The first-order valence-electron chi connectivity index (χ1n) is 19.0. The Morgan fingerprint density at radius 3 is 1.66 bits per heavy atom. The van der Waals surface area contributed by atoms with Crippen LogP contribution in [0.25, 0.3) is 0 Å². The second-order valence-corrected chi connectivity index (χ2v) is 13.7. The Morgan fingerprint density at radius 2 is 1.14 bits per heavy atom. The van der Waals surface area contributed by atoms with E-state index < -0.39 is 105 Å². The molecule has 14 heteroatoms. The van der Waals surface area contributed by atoms with Crippen molar-refractivity contribution in [2.45, 2.75) is 186 Å². The van der Waals surface area contributed by atoms with E-state index >= 15 is 0 Å². The highest BCUT2D eigenvalue weighted by Gasteiger charge is 2.53. The van der Waals surface area contributed by atoms with Crippen LogP contribution in [0.1, 0.15) is 99.8 Å². The zero-order valence-corrected chi connectivity index (χ0v) is 31.5. The average molecular weight is 727 g/mol. The molecular formula is C36H70O14. The first-order valence-corrected chi connectivity index (χ1v) is 19.0. The molecule has 0 aromatic rings. The van der Waals surface area contributed by atoms with Gasteiger partial charge in [-0.1, -0.05) is 60.3 Å². The molecule has 0 spiro atoms. The van der Waals surface area contributed by atoms with Crippen LogP contribution in [0.4, 0.5) is 0 Å². The van der Waals surface area contributed by atoms with Gasteiger partial charge in [0, 0.05) is 32.3 Å². The third kappa shape index (κ3) is 13.4. The van der Waals surface area contributed by atoms with E-state index in [0.29, 0.717) is 26.4 Å². The van der Waals surface area contributed by atoms with Crippen molar-refractivity contribution >= 4 is 0 Å². The van der Waals surface area contributed by atoms with E-state index in [1.54, 1.807) is 13.8 Å². The SMILES string of the molecule is CCCCOC1C(OCCCC)[C@H](OCCCC)C(C)O[C@H]1OC1C(O)[C@H](OCCCC)OC(CO)[C@H]1OC(C)C(C)C(O)[C@@H](O)C(O)CO. The van der Waals surface area contributed by atoms with Gasteiger partial charge >= 0.3 is 0 Å². The molecule has 2 aliphatic rings. The second kappa shape index (κ2) is 24.7. The van der Waals surface area contributed by atoms with Gasteiger partial charge in [0.25, 0.3) is 0 Å². The van der Waals surface area contributed by atoms with Crippen molar-refractivity contribution in [2.24, 2.45) is 5.92 Å². The molecule has 2 fully saturated rings. The number of hydrogen-bond acceptors (Lipinski definition) is 14. The van der Waals surface area contributed by atoms with Crippen LogP contribution in [0, 0.1) is 5.92 Å². The van der Waals surface area contributed by atoms with E-state index in [0.717, 1.165) is 51.4 Å². The molecule has 0 bridgehead atoms. The largest absolute Gasteiger partial charge is 0.394 e. The fourth-order valence-electron chi connectivity index (χ4n) is 6.06. The van der Waals surface area contributed by atoms with Crippen molar-refractivity contribution in [3.05, 3.63) is 0 Å². The lowest BCUT2D eigenvalue weighted by Gasteiger charge is -2.49. The van der Waals surface area contributed by atoms with Gasteiger partial charge in [0.2, 0.25) is 0 Å². The number of unbranched alkanes of at least 4 members (excludes halogenated alkanes) is 4. The Kier molecular flexibility index (Phi) is 22.5. The van der Waals surface area contributed by atoms with E-state index in [1.165, 1.54) is 0 Å². The Bertz CT molecular complexity index is 856. The predicted molar refractivity (Wildman–Crippen MR) is 184 cm³/mol. The average Bonchev–Trinajstić information content (AvgIpc) is 3.11. The molecule has 2 saturated heterocycles. The van der Waals surface area contributed by atoms with Gasteiger partial charge in [-0.25, -0.2) is 0 Å². The van der Waals surface area contributed by atoms with Crippen LogP contribution in [0.2, 0.25) is 0 Å². The van der Waals surface area contributed by atoms with Crippen LogP contribution in [0.15, 0.2) is 0 Å². The molecule has 298 valence electrons. The van der Waals surface area contributed by atoms with Crippen molar-refractivity contribution in [1.82, 2.24) is 0 Å². The van der Waals surface area contributed by atoms with Gasteiger partial charge in [-0.3, -0.25) is 0 Å². The summed E-state index contributed by atoms with van der Waals surface area (Å²) >= 11 is 0. The van der Waals surface area contributed by atoms with Crippen molar-refractivity contribution in [1.29, 1.82) is 0 Å². The summed E-state index contributed by atoms with van der Waals surface area (Å²) in [6.07, 6.45) is -7.61. The summed E-state index contributed by atoms with van der Waals surface area (Å²) in [4.78, 5) is 0. The molecule has 6 N–H and O–H groups in total. The van der Waals surface area contributed by atoms with E-state index in [-0.39, 0.29) is 0 Å². The zero-order chi connectivity index (χ0) is 37.2. The fraction of sp³-hybridized carbons (Fsp3) is 1.00. The monoisotopic (exact) mass is 726 g/mol. The van der Waals surface area contributed by atoms with E-state index in [1.807, 2.05) is 13.8 Å². The molecule has 0 radical (unpaired) electrons. The second-order valence-electron chi connectivity index (χ2n) is 13.7. The van der Waals surface area contributed by atoms with Gasteiger partial charge in [-0.2, -0.15) is 0 Å². The summed E-state index contributed by atoms with van der Waals surface area (Å²) in [5.41, 5.74) is 0. The number of aliphatic hydroxyl groups excluding tert-OH is 6. The molecule has 10 unspecified atom stereocenters. The van der Waals surface area contributed by atoms with Crippen LogP contribution in [0.3, 0.4) is 0 Å². The van der Waals surface area contributed by atoms with E-state index in [4.69, 9.17) is 37.9 Å².